The van der Waals surface area contributed by atoms with Gasteiger partial charge in [0.05, 0.1) is 6.26 Å². The minimum atomic E-state index is 0. The topological polar surface area (TPSA) is 64.1 Å². The molecule has 0 aromatic carbocycles. The van der Waals surface area contributed by atoms with E-state index in [9.17, 15) is 0 Å². The Morgan fingerprint density at radius 3 is 2.89 bits per heavy atom. The van der Waals surface area contributed by atoms with Gasteiger partial charge in [0.25, 0.3) is 0 Å². The third-order valence-corrected chi connectivity index (χ3v) is 3.43. The maximum Gasteiger partial charge on any atom is 0.238 e. The first-order chi connectivity index (χ1) is 8.92. The van der Waals surface area contributed by atoms with E-state index in [2.05, 4.69) is 15.5 Å². The molecule has 19 heavy (non-hydrogen) atoms. The number of rotatable bonds is 4. The number of hydrogen-bond acceptors (Lipinski definition) is 5. The number of nitrogens with zero attached hydrogens (tertiary/aromatic N) is 2. The second-order valence-electron chi connectivity index (χ2n) is 4.72. The van der Waals surface area contributed by atoms with Crippen LogP contribution in [0.15, 0.2) is 27.3 Å². The summed E-state index contributed by atoms with van der Waals surface area (Å²) in [6, 6.07) is 3.65. The molecule has 6 heteroatoms. The molecule has 2 aromatic heterocycles. The average Bonchev–Trinajstić information content (AvgIpc) is 3.08. The number of aryl methyl sites for hydroxylation is 1. The van der Waals surface area contributed by atoms with E-state index in [4.69, 9.17) is 8.94 Å². The first kappa shape index (κ1) is 14.1. The highest BCUT2D eigenvalue weighted by Crippen LogP contribution is 2.20. The van der Waals surface area contributed by atoms with Crippen LogP contribution in [-0.2, 0) is 6.42 Å². The molecule has 0 radical (unpaired) electrons. The summed E-state index contributed by atoms with van der Waals surface area (Å²) in [6.07, 6.45) is 6.10. The Hall–Kier alpha value is -1.33. The Bertz CT molecular complexity index is 478. The van der Waals surface area contributed by atoms with Gasteiger partial charge in [-0.1, -0.05) is 5.16 Å². The minimum Gasteiger partial charge on any atom is -0.461 e. The van der Waals surface area contributed by atoms with Gasteiger partial charge in [-0.15, -0.1) is 12.4 Å². The number of aromatic nitrogens is 2. The SMILES string of the molecule is Cl.c1coc(-c2noc(CCC3CCNCC3)n2)c1. The normalized spacial score (nSPS) is 16.2. The number of furan rings is 1. The largest absolute Gasteiger partial charge is 0.461 e. The highest BCUT2D eigenvalue weighted by molar-refractivity contribution is 5.85. The fraction of sp³-hybridized carbons (Fsp3) is 0.538. The van der Waals surface area contributed by atoms with Crippen LogP contribution < -0.4 is 5.32 Å². The summed E-state index contributed by atoms with van der Waals surface area (Å²) in [6.45, 7) is 2.26. The van der Waals surface area contributed by atoms with Crippen LogP contribution in [0.4, 0.5) is 0 Å². The van der Waals surface area contributed by atoms with Gasteiger partial charge in [0, 0.05) is 6.42 Å². The van der Waals surface area contributed by atoms with Crippen molar-refractivity contribution >= 4 is 12.4 Å². The monoisotopic (exact) mass is 283 g/mol. The Labute approximate surface area is 118 Å². The van der Waals surface area contributed by atoms with Gasteiger partial charge in [0.15, 0.2) is 5.76 Å². The smallest absolute Gasteiger partial charge is 0.238 e. The molecule has 3 rings (SSSR count). The fourth-order valence-corrected chi connectivity index (χ4v) is 2.36. The van der Waals surface area contributed by atoms with Gasteiger partial charge < -0.3 is 14.3 Å². The molecule has 1 aliphatic rings. The summed E-state index contributed by atoms with van der Waals surface area (Å²) in [5.41, 5.74) is 0. The van der Waals surface area contributed by atoms with E-state index in [0.29, 0.717) is 17.5 Å². The second kappa shape index (κ2) is 6.73. The van der Waals surface area contributed by atoms with Crippen molar-refractivity contribution in [2.75, 3.05) is 13.1 Å². The van der Waals surface area contributed by atoms with E-state index < -0.39 is 0 Å². The molecule has 1 saturated heterocycles. The molecule has 0 spiro atoms. The molecule has 104 valence electrons. The number of hydrogen-bond donors (Lipinski definition) is 1. The van der Waals surface area contributed by atoms with Crippen molar-refractivity contribution < 1.29 is 8.94 Å². The Balaban J connectivity index is 0.00000133. The van der Waals surface area contributed by atoms with E-state index in [-0.39, 0.29) is 12.4 Å². The van der Waals surface area contributed by atoms with Crippen LogP contribution in [0.3, 0.4) is 0 Å². The molecule has 0 aliphatic carbocycles. The lowest BCUT2D eigenvalue weighted by Gasteiger charge is -2.21. The van der Waals surface area contributed by atoms with E-state index in [1.165, 1.54) is 12.8 Å². The standard InChI is InChI=1S/C13H17N3O2.ClH/c1-2-11(17-9-1)13-15-12(18-16-13)4-3-10-5-7-14-8-6-10;/h1-2,9-10,14H,3-8H2;1H. The lowest BCUT2D eigenvalue weighted by Crippen LogP contribution is -2.27. The summed E-state index contributed by atoms with van der Waals surface area (Å²) in [7, 11) is 0. The van der Waals surface area contributed by atoms with Gasteiger partial charge in [-0.25, -0.2) is 0 Å². The van der Waals surface area contributed by atoms with E-state index >= 15 is 0 Å². The molecular weight excluding hydrogens is 266 g/mol. The van der Waals surface area contributed by atoms with Crippen LogP contribution in [0.2, 0.25) is 0 Å². The van der Waals surface area contributed by atoms with Crippen molar-refractivity contribution in [3.63, 3.8) is 0 Å². The van der Waals surface area contributed by atoms with Crippen LogP contribution in [0, 0.1) is 5.92 Å². The molecule has 0 atom stereocenters. The van der Waals surface area contributed by atoms with E-state index in [0.717, 1.165) is 31.8 Å². The summed E-state index contributed by atoms with van der Waals surface area (Å²) in [5, 5.41) is 7.30. The molecule has 1 N–H and O–H groups in total. The first-order valence-corrected chi connectivity index (χ1v) is 6.49. The van der Waals surface area contributed by atoms with E-state index in [1.807, 2.05) is 12.1 Å². The van der Waals surface area contributed by atoms with Crippen molar-refractivity contribution in [2.45, 2.75) is 25.7 Å². The van der Waals surface area contributed by atoms with Crippen LogP contribution in [0.25, 0.3) is 11.6 Å². The van der Waals surface area contributed by atoms with Crippen molar-refractivity contribution in [3.8, 4) is 11.6 Å². The summed E-state index contributed by atoms with van der Waals surface area (Å²) in [4.78, 5) is 4.35. The molecule has 5 nitrogen and oxygen atoms in total. The van der Waals surface area contributed by atoms with Crippen molar-refractivity contribution in [3.05, 3.63) is 24.3 Å². The minimum absolute atomic E-state index is 0. The van der Waals surface area contributed by atoms with Crippen molar-refractivity contribution in [1.29, 1.82) is 0 Å². The first-order valence-electron chi connectivity index (χ1n) is 6.49. The second-order valence-corrected chi connectivity index (χ2v) is 4.72. The van der Waals surface area contributed by atoms with Crippen LogP contribution in [0.1, 0.15) is 25.2 Å². The molecule has 0 saturated carbocycles. The highest BCUT2D eigenvalue weighted by Gasteiger charge is 2.15. The molecule has 0 amide bonds. The maximum atomic E-state index is 5.24. The maximum absolute atomic E-state index is 5.24. The zero-order valence-corrected chi connectivity index (χ0v) is 11.5. The predicted octanol–water partition coefficient (Wildman–Crippen LogP) is 2.68. The van der Waals surface area contributed by atoms with Gasteiger partial charge in [-0.05, 0) is 50.4 Å². The third kappa shape index (κ3) is 3.58. The summed E-state index contributed by atoms with van der Waals surface area (Å²) < 4.78 is 10.5. The Morgan fingerprint density at radius 2 is 2.16 bits per heavy atom. The molecular formula is C13H18ClN3O2. The van der Waals surface area contributed by atoms with Crippen LogP contribution in [0.5, 0.6) is 0 Å². The van der Waals surface area contributed by atoms with Gasteiger partial charge in [0.2, 0.25) is 11.7 Å². The molecule has 1 fully saturated rings. The quantitative estimate of drug-likeness (QED) is 0.934. The molecule has 0 unspecified atom stereocenters. The summed E-state index contributed by atoms with van der Waals surface area (Å²) in [5.74, 6) is 2.69. The predicted molar refractivity (Wildman–Crippen MR) is 73.2 cm³/mol. The molecule has 1 aliphatic heterocycles. The van der Waals surface area contributed by atoms with Gasteiger partial charge in [-0.3, -0.25) is 0 Å². The number of piperidine rings is 1. The molecule has 0 bridgehead atoms. The number of nitrogens with one attached hydrogen (secondary N) is 1. The number of halogens is 1. The Kier molecular flexibility index (Phi) is 4.99. The van der Waals surface area contributed by atoms with Gasteiger partial charge in [-0.2, -0.15) is 4.98 Å². The zero-order valence-electron chi connectivity index (χ0n) is 10.7. The third-order valence-electron chi connectivity index (χ3n) is 3.43. The van der Waals surface area contributed by atoms with Crippen LogP contribution >= 0.6 is 12.4 Å². The zero-order chi connectivity index (χ0) is 12.2. The lowest BCUT2D eigenvalue weighted by molar-refractivity contribution is 0.324. The highest BCUT2D eigenvalue weighted by atomic mass is 35.5. The lowest BCUT2D eigenvalue weighted by atomic mass is 9.93. The van der Waals surface area contributed by atoms with Crippen molar-refractivity contribution in [1.82, 2.24) is 15.5 Å². The Morgan fingerprint density at radius 1 is 1.32 bits per heavy atom. The molecule has 2 aromatic rings. The van der Waals surface area contributed by atoms with Crippen molar-refractivity contribution in [2.24, 2.45) is 5.92 Å². The summed E-state index contributed by atoms with van der Waals surface area (Å²) >= 11 is 0. The average molecular weight is 284 g/mol. The van der Waals surface area contributed by atoms with Gasteiger partial charge >= 0.3 is 0 Å². The van der Waals surface area contributed by atoms with E-state index in [1.54, 1.807) is 6.26 Å². The van der Waals surface area contributed by atoms with Gasteiger partial charge in [0.1, 0.15) is 0 Å². The molecule has 3 heterocycles. The van der Waals surface area contributed by atoms with Crippen LogP contribution in [-0.4, -0.2) is 23.2 Å². The fourth-order valence-electron chi connectivity index (χ4n) is 2.36.